The zero-order valence-electron chi connectivity index (χ0n) is 8.85. The van der Waals surface area contributed by atoms with Gasteiger partial charge in [-0.25, -0.2) is 4.98 Å². The number of aromatic nitrogens is 2. The highest BCUT2D eigenvalue weighted by Gasteiger charge is 2.15. The topological polar surface area (TPSA) is 47.4 Å². The first kappa shape index (κ1) is 10.2. The molecule has 5 heteroatoms. The SMILES string of the molecule is CCn1ccnc(N2CCOCC2)c1=O. The van der Waals surface area contributed by atoms with E-state index in [1.165, 1.54) is 0 Å². The standard InChI is InChI=1S/C10H15N3O2/c1-2-12-4-3-11-9(10(12)14)13-5-7-15-8-6-13/h3-4H,2,5-8H2,1H3. The van der Waals surface area contributed by atoms with E-state index in [2.05, 4.69) is 4.98 Å². The second-order valence-corrected chi connectivity index (χ2v) is 3.44. The van der Waals surface area contributed by atoms with Crippen LogP contribution in [0.4, 0.5) is 5.82 Å². The minimum Gasteiger partial charge on any atom is -0.378 e. The predicted octanol–water partition coefficient (Wildman–Crippen LogP) is 0.0998. The van der Waals surface area contributed by atoms with E-state index in [1.807, 2.05) is 11.8 Å². The first-order chi connectivity index (χ1) is 7.33. The fourth-order valence-electron chi connectivity index (χ4n) is 1.68. The summed E-state index contributed by atoms with van der Waals surface area (Å²) in [5.74, 6) is 0.544. The molecule has 0 unspecified atom stereocenters. The van der Waals surface area contributed by atoms with E-state index in [1.54, 1.807) is 17.0 Å². The van der Waals surface area contributed by atoms with Crippen molar-refractivity contribution in [3.05, 3.63) is 22.7 Å². The summed E-state index contributed by atoms with van der Waals surface area (Å²) >= 11 is 0. The maximum absolute atomic E-state index is 11.9. The third-order valence-corrected chi connectivity index (χ3v) is 2.55. The molecule has 1 aromatic rings. The molecule has 0 aromatic carbocycles. The molecule has 1 saturated heterocycles. The number of anilines is 1. The van der Waals surface area contributed by atoms with Crippen LogP contribution in [0.1, 0.15) is 6.92 Å². The summed E-state index contributed by atoms with van der Waals surface area (Å²) < 4.78 is 6.90. The molecule has 0 aliphatic carbocycles. The molecule has 0 saturated carbocycles. The van der Waals surface area contributed by atoms with Crippen molar-refractivity contribution < 1.29 is 4.74 Å². The largest absolute Gasteiger partial charge is 0.378 e. The van der Waals surface area contributed by atoms with Gasteiger partial charge in [-0.2, -0.15) is 0 Å². The van der Waals surface area contributed by atoms with Crippen molar-refractivity contribution in [1.82, 2.24) is 9.55 Å². The number of hydrogen-bond donors (Lipinski definition) is 0. The maximum Gasteiger partial charge on any atom is 0.293 e. The summed E-state index contributed by atoms with van der Waals surface area (Å²) in [5, 5.41) is 0. The zero-order chi connectivity index (χ0) is 10.7. The van der Waals surface area contributed by atoms with Crippen molar-refractivity contribution in [2.24, 2.45) is 0 Å². The molecular formula is C10H15N3O2. The van der Waals surface area contributed by atoms with Gasteiger partial charge in [-0.15, -0.1) is 0 Å². The fourth-order valence-corrected chi connectivity index (χ4v) is 1.68. The van der Waals surface area contributed by atoms with E-state index in [0.29, 0.717) is 25.6 Å². The van der Waals surface area contributed by atoms with Gasteiger partial charge < -0.3 is 14.2 Å². The van der Waals surface area contributed by atoms with Crippen molar-refractivity contribution >= 4 is 5.82 Å². The van der Waals surface area contributed by atoms with Crippen molar-refractivity contribution in [2.45, 2.75) is 13.5 Å². The van der Waals surface area contributed by atoms with Gasteiger partial charge in [0.05, 0.1) is 13.2 Å². The smallest absolute Gasteiger partial charge is 0.293 e. The molecule has 5 nitrogen and oxygen atoms in total. The molecule has 2 heterocycles. The molecule has 2 rings (SSSR count). The summed E-state index contributed by atoms with van der Waals surface area (Å²) in [6.07, 6.45) is 3.39. The number of hydrogen-bond acceptors (Lipinski definition) is 4. The Kier molecular flexibility index (Phi) is 3.01. The van der Waals surface area contributed by atoms with Crippen LogP contribution in [0, 0.1) is 0 Å². The highest BCUT2D eigenvalue weighted by molar-refractivity contribution is 5.35. The third kappa shape index (κ3) is 2.02. The second-order valence-electron chi connectivity index (χ2n) is 3.44. The lowest BCUT2D eigenvalue weighted by atomic mass is 10.4. The lowest BCUT2D eigenvalue weighted by Crippen LogP contribution is -2.41. The first-order valence-electron chi connectivity index (χ1n) is 5.21. The van der Waals surface area contributed by atoms with Gasteiger partial charge in [-0.1, -0.05) is 0 Å². The molecule has 0 spiro atoms. The van der Waals surface area contributed by atoms with E-state index in [0.717, 1.165) is 13.1 Å². The van der Waals surface area contributed by atoms with Gasteiger partial charge in [0.25, 0.3) is 5.56 Å². The van der Waals surface area contributed by atoms with E-state index >= 15 is 0 Å². The first-order valence-corrected chi connectivity index (χ1v) is 5.21. The molecule has 82 valence electrons. The minimum atomic E-state index is -0.0121. The Bertz CT molecular complexity index is 382. The monoisotopic (exact) mass is 209 g/mol. The molecule has 1 aliphatic heterocycles. The zero-order valence-corrected chi connectivity index (χ0v) is 8.85. The Labute approximate surface area is 88.3 Å². The predicted molar refractivity (Wildman–Crippen MR) is 57.2 cm³/mol. The van der Waals surface area contributed by atoms with Crippen LogP contribution in [0.2, 0.25) is 0 Å². The number of nitrogens with zero attached hydrogens (tertiary/aromatic N) is 3. The Morgan fingerprint density at radius 1 is 1.47 bits per heavy atom. The maximum atomic E-state index is 11.9. The lowest BCUT2D eigenvalue weighted by Gasteiger charge is -2.27. The van der Waals surface area contributed by atoms with Gasteiger partial charge in [-0.3, -0.25) is 4.79 Å². The van der Waals surface area contributed by atoms with Gasteiger partial charge in [0, 0.05) is 32.0 Å². The number of aryl methyl sites for hydroxylation is 1. The van der Waals surface area contributed by atoms with Crippen LogP contribution in [0.15, 0.2) is 17.2 Å². The number of rotatable bonds is 2. The molecule has 0 atom stereocenters. The van der Waals surface area contributed by atoms with Crippen LogP contribution in [-0.4, -0.2) is 35.9 Å². The van der Waals surface area contributed by atoms with Crippen molar-refractivity contribution in [3.63, 3.8) is 0 Å². The summed E-state index contributed by atoms with van der Waals surface area (Å²) in [4.78, 5) is 18.0. The molecule has 1 aliphatic rings. The van der Waals surface area contributed by atoms with E-state index in [-0.39, 0.29) is 5.56 Å². The Balaban J connectivity index is 2.30. The van der Waals surface area contributed by atoms with Gasteiger partial charge >= 0.3 is 0 Å². The minimum absolute atomic E-state index is 0.0121. The molecular weight excluding hydrogens is 194 g/mol. The van der Waals surface area contributed by atoms with Crippen LogP contribution >= 0.6 is 0 Å². The van der Waals surface area contributed by atoms with Gasteiger partial charge in [-0.05, 0) is 6.92 Å². The third-order valence-electron chi connectivity index (χ3n) is 2.55. The fraction of sp³-hybridized carbons (Fsp3) is 0.600. The van der Waals surface area contributed by atoms with Gasteiger partial charge in [0.2, 0.25) is 0 Å². The summed E-state index contributed by atoms with van der Waals surface area (Å²) in [6.45, 7) is 5.46. The van der Waals surface area contributed by atoms with Crippen molar-refractivity contribution in [2.75, 3.05) is 31.2 Å². The van der Waals surface area contributed by atoms with Crippen molar-refractivity contribution in [1.29, 1.82) is 0 Å². The summed E-state index contributed by atoms with van der Waals surface area (Å²) in [6, 6.07) is 0. The Morgan fingerprint density at radius 2 is 2.20 bits per heavy atom. The van der Waals surface area contributed by atoms with E-state index in [9.17, 15) is 4.79 Å². The lowest BCUT2D eigenvalue weighted by molar-refractivity contribution is 0.122. The molecule has 15 heavy (non-hydrogen) atoms. The molecule has 0 bridgehead atoms. The van der Waals surface area contributed by atoms with Crippen LogP contribution in [-0.2, 0) is 11.3 Å². The molecule has 0 amide bonds. The highest BCUT2D eigenvalue weighted by Crippen LogP contribution is 2.06. The highest BCUT2D eigenvalue weighted by atomic mass is 16.5. The van der Waals surface area contributed by atoms with Crippen LogP contribution in [0.25, 0.3) is 0 Å². The molecule has 0 radical (unpaired) electrons. The second kappa shape index (κ2) is 4.44. The average molecular weight is 209 g/mol. The quantitative estimate of drug-likeness (QED) is 0.693. The van der Waals surface area contributed by atoms with E-state index < -0.39 is 0 Å². The molecule has 1 aromatic heterocycles. The van der Waals surface area contributed by atoms with Crippen LogP contribution in [0.3, 0.4) is 0 Å². The normalized spacial score (nSPS) is 16.7. The van der Waals surface area contributed by atoms with Crippen LogP contribution in [0.5, 0.6) is 0 Å². The number of ether oxygens (including phenoxy) is 1. The van der Waals surface area contributed by atoms with Gasteiger partial charge in [0.15, 0.2) is 5.82 Å². The Hall–Kier alpha value is -1.36. The summed E-state index contributed by atoms with van der Waals surface area (Å²) in [5.41, 5.74) is -0.0121. The molecule has 1 fully saturated rings. The molecule has 0 N–H and O–H groups in total. The Morgan fingerprint density at radius 3 is 2.87 bits per heavy atom. The summed E-state index contributed by atoms with van der Waals surface area (Å²) in [7, 11) is 0. The average Bonchev–Trinajstić information content (AvgIpc) is 2.30. The van der Waals surface area contributed by atoms with Gasteiger partial charge in [0.1, 0.15) is 0 Å². The van der Waals surface area contributed by atoms with E-state index in [4.69, 9.17) is 4.74 Å². The van der Waals surface area contributed by atoms with Crippen LogP contribution < -0.4 is 10.5 Å². The van der Waals surface area contributed by atoms with Crippen molar-refractivity contribution in [3.8, 4) is 0 Å². The number of morpholine rings is 1.